The standard InChI is InChI=1S/C14H34O4Si2/c1-7-11-12-13-14-19(5,6)18-20(15-8-2,16-9-3)17-10-4/h7-14H2,1-6H3. The summed E-state index contributed by atoms with van der Waals surface area (Å²) in [6.45, 7) is 14.3. The highest BCUT2D eigenvalue weighted by atomic mass is 28.5. The van der Waals surface area contributed by atoms with E-state index < -0.39 is 17.4 Å². The number of hydrogen-bond donors (Lipinski definition) is 0. The highest BCUT2D eigenvalue weighted by molar-refractivity contribution is 6.79. The van der Waals surface area contributed by atoms with Crippen molar-refractivity contribution in [1.29, 1.82) is 0 Å². The van der Waals surface area contributed by atoms with Crippen molar-refractivity contribution >= 4 is 17.4 Å². The van der Waals surface area contributed by atoms with E-state index in [1.165, 1.54) is 25.7 Å². The second-order valence-corrected chi connectivity index (χ2v) is 12.2. The number of hydrogen-bond acceptors (Lipinski definition) is 4. The summed E-state index contributed by atoms with van der Waals surface area (Å²) < 4.78 is 23.7. The van der Waals surface area contributed by atoms with Crippen LogP contribution < -0.4 is 0 Å². The maximum Gasteiger partial charge on any atom is 0.669 e. The smallest absolute Gasteiger partial charge is 0.394 e. The van der Waals surface area contributed by atoms with Crippen molar-refractivity contribution in [3.05, 3.63) is 0 Å². The fourth-order valence-electron chi connectivity index (χ4n) is 2.11. The molecule has 0 amide bonds. The third-order valence-corrected chi connectivity index (χ3v) is 9.69. The van der Waals surface area contributed by atoms with Gasteiger partial charge in [0, 0.05) is 19.8 Å². The monoisotopic (exact) mass is 322 g/mol. The Kier molecular flexibility index (Phi) is 11.1. The maximum atomic E-state index is 6.34. The molecule has 20 heavy (non-hydrogen) atoms. The first kappa shape index (κ1) is 20.3. The van der Waals surface area contributed by atoms with Gasteiger partial charge in [-0.05, 0) is 39.9 Å². The van der Waals surface area contributed by atoms with Gasteiger partial charge in [-0.15, -0.1) is 0 Å². The SMILES string of the molecule is CCCCCC[Si](C)(C)O[Si](OCC)(OCC)OCC. The van der Waals surface area contributed by atoms with Gasteiger partial charge in [0.15, 0.2) is 8.32 Å². The lowest BCUT2D eigenvalue weighted by atomic mass is 10.2. The van der Waals surface area contributed by atoms with Gasteiger partial charge in [-0.25, -0.2) is 0 Å². The molecule has 0 radical (unpaired) electrons. The van der Waals surface area contributed by atoms with Gasteiger partial charge in [0.2, 0.25) is 0 Å². The summed E-state index contributed by atoms with van der Waals surface area (Å²) in [5, 5.41) is 0. The van der Waals surface area contributed by atoms with Crippen LogP contribution in [0.2, 0.25) is 19.1 Å². The van der Waals surface area contributed by atoms with Crippen LogP contribution in [0.5, 0.6) is 0 Å². The largest absolute Gasteiger partial charge is 0.669 e. The summed E-state index contributed by atoms with van der Waals surface area (Å²) in [5.41, 5.74) is 0. The van der Waals surface area contributed by atoms with Crippen LogP contribution in [0.15, 0.2) is 0 Å². The molecule has 0 N–H and O–H groups in total. The molecule has 0 atom stereocenters. The lowest BCUT2D eigenvalue weighted by Crippen LogP contribution is -2.55. The number of unbranched alkanes of at least 4 members (excludes halogenated alkanes) is 3. The van der Waals surface area contributed by atoms with Crippen LogP contribution in [-0.4, -0.2) is 37.2 Å². The molecule has 0 rings (SSSR count). The highest BCUT2D eigenvalue weighted by Crippen LogP contribution is 2.24. The van der Waals surface area contributed by atoms with Crippen molar-refractivity contribution in [3.63, 3.8) is 0 Å². The van der Waals surface area contributed by atoms with Crippen LogP contribution in [0, 0.1) is 0 Å². The molecule has 0 saturated carbocycles. The Labute approximate surface area is 127 Å². The normalized spacial score (nSPS) is 12.9. The molecular weight excluding hydrogens is 288 g/mol. The summed E-state index contributed by atoms with van der Waals surface area (Å²) in [6, 6.07) is 1.13. The average molecular weight is 323 g/mol. The van der Waals surface area contributed by atoms with Crippen molar-refractivity contribution in [2.45, 2.75) is 72.5 Å². The quantitative estimate of drug-likeness (QED) is 0.373. The van der Waals surface area contributed by atoms with Crippen LogP contribution in [0.25, 0.3) is 0 Å². The van der Waals surface area contributed by atoms with Gasteiger partial charge in [-0.2, -0.15) is 0 Å². The summed E-state index contributed by atoms with van der Waals surface area (Å²) >= 11 is 0. The second kappa shape index (κ2) is 10.9. The first-order valence-corrected chi connectivity index (χ1v) is 12.8. The van der Waals surface area contributed by atoms with E-state index in [-0.39, 0.29) is 0 Å². The molecule has 0 aromatic heterocycles. The van der Waals surface area contributed by atoms with Crippen molar-refractivity contribution in [2.75, 3.05) is 19.8 Å². The fourth-order valence-corrected chi connectivity index (χ4v) is 8.35. The van der Waals surface area contributed by atoms with Crippen LogP contribution in [0.3, 0.4) is 0 Å². The Morgan fingerprint density at radius 3 is 1.60 bits per heavy atom. The van der Waals surface area contributed by atoms with Crippen LogP contribution in [0.4, 0.5) is 0 Å². The van der Waals surface area contributed by atoms with Gasteiger partial charge in [-0.1, -0.05) is 32.6 Å². The Morgan fingerprint density at radius 1 is 0.700 bits per heavy atom. The third kappa shape index (κ3) is 8.54. The minimum Gasteiger partial charge on any atom is -0.394 e. The Balaban J connectivity index is 4.57. The van der Waals surface area contributed by atoms with Crippen molar-refractivity contribution in [2.24, 2.45) is 0 Å². The molecule has 0 aliphatic heterocycles. The van der Waals surface area contributed by atoms with E-state index in [2.05, 4.69) is 20.0 Å². The van der Waals surface area contributed by atoms with E-state index in [1.807, 2.05) is 20.8 Å². The summed E-state index contributed by atoms with van der Waals surface area (Å²) in [7, 11) is -4.75. The van der Waals surface area contributed by atoms with Gasteiger partial charge < -0.3 is 17.4 Å². The third-order valence-electron chi connectivity index (χ3n) is 3.00. The summed E-state index contributed by atoms with van der Waals surface area (Å²) in [4.78, 5) is 0. The molecule has 0 heterocycles. The first-order valence-electron chi connectivity index (χ1n) is 8.07. The molecule has 0 unspecified atom stereocenters. The number of rotatable bonds is 13. The summed E-state index contributed by atoms with van der Waals surface area (Å²) in [5.74, 6) is 0. The molecule has 0 saturated heterocycles. The van der Waals surface area contributed by atoms with Crippen molar-refractivity contribution in [3.8, 4) is 0 Å². The Morgan fingerprint density at radius 2 is 1.20 bits per heavy atom. The van der Waals surface area contributed by atoms with Crippen LogP contribution in [-0.2, 0) is 17.4 Å². The fraction of sp³-hybridized carbons (Fsp3) is 1.00. The topological polar surface area (TPSA) is 36.9 Å². The van der Waals surface area contributed by atoms with Gasteiger partial charge in [0.25, 0.3) is 0 Å². The van der Waals surface area contributed by atoms with Crippen LogP contribution in [0.1, 0.15) is 53.4 Å². The van der Waals surface area contributed by atoms with E-state index >= 15 is 0 Å². The van der Waals surface area contributed by atoms with E-state index in [0.717, 1.165) is 6.04 Å². The lowest BCUT2D eigenvalue weighted by Gasteiger charge is -2.34. The molecule has 4 nitrogen and oxygen atoms in total. The van der Waals surface area contributed by atoms with E-state index in [4.69, 9.17) is 17.4 Å². The Hall–Kier alpha value is 0.274. The molecule has 0 aliphatic carbocycles. The lowest BCUT2D eigenvalue weighted by molar-refractivity contribution is 0.00689. The minimum atomic E-state index is -2.94. The molecule has 0 bridgehead atoms. The molecule has 0 spiro atoms. The van der Waals surface area contributed by atoms with Gasteiger partial charge in [0.05, 0.1) is 0 Å². The highest BCUT2D eigenvalue weighted by Gasteiger charge is 2.49. The molecule has 122 valence electrons. The predicted molar refractivity (Wildman–Crippen MR) is 88.1 cm³/mol. The van der Waals surface area contributed by atoms with Gasteiger partial charge in [0.1, 0.15) is 0 Å². The molecular formula is C14H34O4Si2. The predicted octanol–water partition coefficient (Wildman–Crippen LogP) is 4.33. The minimum absolute atomic E-state index is 0.562. The van der Waals surface area contributed by atoms with Crippen molar-refractivity contribution < 1.29 is 17.4 Å². The zero-order chi connectivity index (χ0) is 15.5. The molecule has 0 fully saturated rings. The van der Waals surface area contributed by atoms with E-state index in [0.29, 0.717) is 19.8 Å². The average Bonchev–Trinajstić information content (AvgIpc) is 2.35. The first-order chi connectivity index (χ1) is 9.45. The summed E-state index contributed by atoms with van der Waals surface area (Å²) in [6.07, 6.45) is 5.07. The zero-order valence-corrected chi connectivity index (χ0v) is 16.3. The van der Waals surface area contributed by atoms with Crippen LogP contribution >= 0.6 is 0 Å². The second-order valence-electron chi connectivity index (χ2n) is 5.47. The van der Waals surface area contributed by atoms with Gasteiger partial charge >= 0.3 is 9.05 Å². The van der Waals surface area contributed by atoms with E-state index in [9.17, 15) is 0 Å². The molecule has 0 aliphatic rings. The van der Waals surface area contributed by atoms with E-state index in [1.54, 1.807) is 0 Å². The molecule has 0 aromatic carbocycles. The van der Waals surface area contributed by atoms with Crippen molar-refractivity contribution in [1.82, 2.24) is 0 Å². The Bertz CT molecular complexity index is 220. The molecule has 6 heteroatoms. The van der Waals surface area contributed by atoms with Gasteiger partial charge in [-0.3, -0.25) is 0 Å². The zero-order valence-electron chi connectivity index (χ0n) is 14.3. The molecule has 0 aromatic rings. The maximum absolute atomic E-state index is 6.34.